The summed E-state index contributed by atoms with van der Waals surface area (Å²) < 4.78 is 6.76. The fourth-order valence-corrected chi connectivity index (χ4v) is 4.06. The number of nitrogens with zero attached hydrogens (tertiary/aromatic N) is 2. The molecule has 0 saturated heterocycles. The van der Waals surface area contributed by atoms with Crippen LogP contribution < -0.4 is 10.1 Å². The number of hydrogen-bond acceptors (Lipinski definition) is 5. The van der Waals surface area contributed by atoms with Crippen molar-refractivity contribution in [2.24, 2.45) is 0 Å². The van der Waals surface area contributed by atoms with Crippen LogP contribution in [-0.2, 0) is 16.8 Å². The van der Waals surface area contributed by atoms with Crippen molar-refractivity contribution < 1.29 is 9.53 Å². The third-order valence-electron chi connectivity index (χ3n) is 4.51. The highest BCUT2D eigenvalue weighted by Gasteiger charge is 2.15. The summed E-state index contributed by atoms with van der Waals surface area (Å²) in [6.45, 7) is 7.45. The van der Waals surface area contributed by atoms with Crippen molar-refractivity contribution in [1.29, 1.82) is 0 Å². The van der Waals surface area contributed by atoms with E-state index < -0.39 is 0 Å². The van der Waals surface area contributed by atoms with Crippen LogP contribution in [0, 0.1) is 0 Å². The Morgan fingerprint density at radius 2 is 2.07 bits per heavy atom. The molecule has 0 saturated carbocycles. The Hall–Kier alpha value is -2.25. The summed E-state index contributed by atoms with van der Waals surface area (Å²) in [4.78, 5) is 20.9. The van der Waals surface area contributed by atoms with Crippen molar-refractivity contribution >= 4 is 33.2 Å². The number of amides is 1. The maximum Gasteiger partial charge on any atom is 0.220 e. The molecule has 1 aromatic carbocycles. The van der Waals surface area contributed by atoms with E-state index in [1.807, 2.05) is 29.6 Å². The fraction of sp³-hybridized carbons (Fsp3) is 0.348. The lowest BCUT2D eigenvalue weighted by molar-refractivity contribution is -0.121. The van der Waals surface area contributed by atoms with Gasteiger partial charge in [-0.25, -0.2) is 4.98 Å². The van der Waals surface area contributed by atoms with Gasteiger partial charge in [0, 0.05) is 18.0 Å². The third-order valence-corrected chi connectivity index (χ3v) is 6.04. The van der Waals surface area contributed by atoms with E-state index in [1.54, 1.807) is 6.20 Å². The molecule has 0 unspecified atom stereocenters. The average molecular weight is 488 g/mol. The monoisotopic (exact) mass is 487 g/mol. The van der Waals surface area contributed by atoms with Gasteiger partial charge in [0.1, 0.15) is 10.8 Å². The Balaban J connectivity index is 1.39. The highest BCUT2D eigenvalue weighted by atomic mass is 79.9. The number of hydrogen-bond donors (Lipinski definition) is 1. The van der Waals surface area contributed by atoms with Gasteiger partial charge in [-0.15, -0.1) is 11.3 Å². The van der Waals surface area contributed by atoms with Crippen LogP contribution in [0.2, 0.25) is 0 Å². The van der Waals surface area contributed by atoms with Crippen LogP contribution in [0.25, 0.3) is 10.7 Å². The predicted molar refractivity (Wildman–Crippen MR) is 125 cm³/mol. The van der Waals surface area contributed by atoms with Crippen molar-refractivity contribution in [3.05, 3.63) is 63.7 Å². The Kier molecular flexibility index (Phi) is 7.61. The van der Waals surface area contributed by atoms with E-state index in [1.165, 1.54) is 16.9 Å². The van der Waals surface area contributed by atoms with Crippen molar-refractivity contribution in [3.8, 4) is 16.5 Å². The molecule has 158 valence electrons. The minimum Gasteiger partial charge on any atom is -0.492 e. The molecule has 1 amide bonds. The maximum absolute atomic E-state index is 12.1. The highest BCUT2D eigenvalue weighted by molar-refractivity contribution is 9.10. The largest absolute Gasteiger partial charge is 0.492 e. The molecular formula is C23H26BrN3O2S. The average Bonchev–Trinajstić information content (AvgIpc) is 3.19. The number of aromatic nitrogens is 2. The van der Waals surface area contributed by atoms with Gasteiger partial charge in [-0.1, -0.05) is 32.9 Å². The predicted octanol–water partition coefficient (Wildman–Crippen LogP) is 5.74. The summed E-state index contributed by atoms with van der Waals surface area (Å²) in [7, 11) is 0. The number of thiazole rings is 1. The fourth-order valence-electron chi connectivity index (χ4n) is 2.77. The molecule has 7 heteroatoms. The van der Waals surface area contributed by atoms with Crippen LogP contribution >= 0.6 is 27.3 Å². The summed E-state index contributed by atoms with van der Waals surface area (Å²) in [6, 6.07) is 11.9. The molecule has 0 aliphatic heterocycles. The standard InChI is InChI=1S/C23H26BrN3O2S/c1-23(2,3)16-9-10-20(18(24)13-16)29-12-6-8-21(28)26-14-17-15-30-22(27-17)19-7-4-5-11-25-19/h4-5,7,9-11,13,15H,6,8,12,14H2,1-3H3,(H,26,28). The highest BCUT2D eigenvalue weighted by Crippen LogP contribution is 2.31. The molecule has 3 aromatic rings. The molecule has 0 aliphatic carbocycles. The summed E-state index contributed by atoms with van der Waals surface area (Å²) in [5, 5.41) is 5.73. The molecule has 3 rings (SSSR count). The summed E-state index contributed by atoms with van der Waals surface area (Å²) >= 11 is 5.10. The number of benzene rings is 1. The van der Waals surface area contributed by atoms with Crippen LogP contribution in [0.1, 0.15) is 44.9 Å². The zero-order valence-corrected chi connectivity index (χ0v) is 19.8. The van der Waals surface area contributed by atoms with Gasteiger partial charge >= 0.3 is 0 Å². The number of carbonyl (C=O) groups excluding carboxylic acids is 1. The zero-order chi connectivity index (χ0) is 21.6. The molecule has 0 fully saturated rings. The molecule has 1 N–H and O–H groups in total. The van der Waals surface area contributed by atoms with E-state index in [2.05, 4.69) is 64.1 Å². The van der Waals surface area contributed by atoms with Gasteiger partial charge in [0.2, 0.25) is 5.91 Å². The third kappa shape index (κ3) is 6.37. The molecule has 2 heterocycles. The lowest BCUT2D eigenvalue weighted by atomic mass is 9.87. The van der Waals surface area contributed by atoms with Gasteiger partial charge in [-0.3, -0.25) is 9.78 Å². The van der Waals surface area contributed by atoms with Gasteiger partial charge in [0.05, 0.1) is 29.0 Å². The Bertz CT molecular complexity index is 984. The van der Waals surface area contributed by atoms with Crippen LogP contribution in [0.4, 0.5) is 0 Å². The topological polar surface area (TPSA) is 64.1 Å². The Labute approximate surface area is 190 Å². The van der Waals surface area contributed by atoms with Gasteiger partial charge in [0.15, 0.2) is 0 Å². The second-order valence-corrected chi connectivity index (χ2v) is 9.70. The maximum atomic E-state index is 12.1. The van der Waals surface area contributed by atoms with Crippen LogP contribution in [-0.4, -0.2) is 22.5 Å². The first-order valence-corrected chi connectivity index (χ1v) is 11.6. The zero-order valence-electron chi connectivity index (χ0n) is 17.4. The van der Waals surface area contributed by atoms with E-state index in [9.17, 15) is 4.79 Å². The number of ether oxygens (including phenoxy) is 1. The van der Waals surface area contributed by atoms with Crippen LogP contribution in [0.5, 0.6) is 5.75 Å². The number of nitrogens with one attached hydrogen (secondary N) is 1. The minimum absolute atomic E-state index is 0.00636. The minimum atomic E-state index is -0.00636. The van der Waals surface area contributed by atoms with E-state index in [4.69, 9.17) is 4.74 Å². The van der Waals surface area contributed by atoms with Crippen molar-refractivity contribution in [2.45, 2.75) is 45.6 Å². The van der Waals surface area contributed by atoms with E-state index >= 15 is 0 Å². The van der Waals surface area contributed by atoms with Gasteiger partial charge in [-0.05, 0) is 57.6 Å². The smallest absolute Gasteiger partial charge is 0.220 e. The summed E-state index contributed by atoms with van der Waals surface area (Å²) in [5.74, 6) is 0.793. The number of rotatable bonds is 8. The lowest BCUT2D eigenvalue weighted by Crippen LogP contribution is -2.23. The molecule has 5 nitrogen and oxygen atoms in total. The SMILES string of the molecule is CC(C)(C)c1ccc(OCCCC(=O)NCc2csc(-c3ccccn3)n2)c(Br)c1. The van der Waals surface area contributed by atoms with E-state index in [0.717, 1.165) is 26.6 Å². The molecule has 0 radical (unpaired) electrons. The molecule has 0 spiro atoms. The van der Waals surface area contributed by atoms with Crippen LogP contribution in [0.15, 0.2) is 52.4 Å². The molecule has 0 atom stereocenters. The van der Waals surface area contributed by atoms with Gasteiger partial charge < -0.3 is 10.1 Å². The number of carbonyl (C=O) groups is 1. The molecule has 0 aliphatic rings. The first-order valence-electron chi connectivity index (χ1n) is 9.88. The summed E-state index contributed by atoms with van der Waals surface area (Å²) in [5.41, 5.74) is 3.02. The van der Waals surface area contributed by atoms with Gasteiger partial charge in [0.25, 0.3) is 0 Å². The molecular weight excluding hydrogens is 462 g/mol. The molecule has 0 bridgehead atoms. The lowest BCUT2D eigenvalue weighted by Gasteiger charge is -2.20. The van der Waals surface area contributed by atoms with Crippen LogP contribution in [0.3, 0.4) is 0 Å². The van der Waals surface area contributed by atoms with E-state index in [-0.39, 0.29) is 11.3 Å². The quantitative estimate of drug-likeness (QED) is 0.411. The Morgan fingerprint density at radius 1 is 1.23 bits per heavy atom. The van der Waals surface area contributed by atoms with Gasteiger partial charge in [-0.2, -0.15) is 0 Å². The first-order chi connectivity index (χ1) is 14.3. The number of pyridine rings is 1. The van der Waals surface area contributed by atoms with E-state index in [0.29, 0.717) is 26.0 Å². The molecule has 2 aromatic heterocycles. The first kappa shape index (κ1) is 22.4. The van der Waals surface area contributed by atoms with Crippen molar-refractivity contribution in [1.82, 2.24) is 15.3 Å². The Morgan fingerprint density at radius 3 is 2.77 bits per heavy atom. The second-order valence-electron chi connectivity index (χ2n) is 7.98. The van der Waals surface area contributed by atoms with Crippen molar-refractivity contribution in [2.75, 3.05) is 6.61 Å². The second kappa shape index (κ2) is 10.2. The summed E-state index contributed by atoms with van der Waals surface area (Å²) in [6.07, 6.45) is 2.81. The van der Waals surface area contributed by atoms with Crippen molar-refractivity contribution in [3.63, 3.8) is 0 Å². The number of halogens is 1. The normalized spacial score (nSPS) is 11.3. The molecule has 30 heavy (non-hydrogen) atoms.